The molecule has 0 unspecified atom stereocenters. The summed E-state index contributed by atoms with van der Waals surface area (Å²) < 4.78 is 136. The van der Waals surface area contributed by atoms with Crippen LogP contribution in [0.4, 0.5) is 43.9 Å². The van der Waals surface area contributed by atoms with E-state index in [9.17, 15) is 43.9 Å². The summed E-state index contributed by atoms with van der Waals surface area (Å²) in [5.41, 5.74) is -2.45. The Hall–Kier alpha value is -2.98. The molecule has 0 amide bonds. The van der Waals surface area contributed by atoms with Gasteiger partial charge in [-0.15, -0.1) is 0 Å². The Bertz CT molecular complexity index is 1130. The Morgan fingerprint density at radius 3 is 1.34 bits per heavy atom. The fourth-order valence-electron chi connectivity index (χ4n) is 3.37. The first-order valence-electron chi connectivity index (χ1n) is 8.75. The van der Waals surface area contributed by atoms with Crippen LogP contribution < -0.4 is 16.4 Å². The third-order valence-corrected chi connectivity index (χ3v) is 4.55. The van der Waals surface area contributed by atoms with E-state index in [1.165, 1.54) is 26.0 Å². The lowest BCUT2D eigenvalue weighted by atomic mass is 9.36. The largest absolute Gasteiger partial charge is 0.257 e. The van der Waals surface area contributed by atoms with E-state index in [-0.39, 0.29) is 11.5 Å². The second-order valence-corrected chi connectivity index (χ2v) is 6.72. The van der Waals surface area contributed by atoms with Crippen LogP contribution in [0.25, 0.3) is 0 Å². The number of hydrogen-bond acceptors (Lipinski definition) is 0. The minimum atomic E-state index is -2.47. The average molecular weight is 466 g/mol. The number of alkyl halides is 1. The van der Waals surface area contributed by atoms with E-state index in [2.05, 4.69) is 0 Å². The van der Waals surface area contributed by atoms with Crippen molar-refractivity contribution in [1.29, 1.82) is 0 Å². The second-order valence-electron chi connectivity index (χ2n) is 6.72. The van der Waals surface area contributed by atoms with Crippen molar-refractivity contribution >= 4 is 23.1 Å². The van der Waals surface area contributed by atoms with Gasteiger partial charge in [0.05, 0.1) is 7.18 Å². The molecule has 0 saturated heterocycles. The van der Waals surface area contributed by atoms with E-state index in [4.69, 9.17) is 0 Å². The first kappa shape index (κ1) is 25.3. The zero-order chi connectivity index (χ0) is 24.5. The number of aryl methyl sites for hydroxylation is 2. The van der Waals surface area contributed by atoms with Crippen molar-refractivity contribution in [2.45, 2.75) is 13.8 Å². The van der Waals surface area contributed by atoms with E-state index in [1.807, 2.05) is 0 Å². The molecule has 0 nitrogen and oxygen atoms in total. The molecule has 0 radical (unpaired) electrons. The maximum Gasteiger partial charge on any atom is 0.257 e. The minimum Gasteiger partial charge on any atom is -0.255 e. The Balaban J connectivity index is 0.00000176. The van der Waals surface area contributed by atoms with Gasteiger partial charge in [-0.3, -0.25) is 4.39 Å². The summed E-state index contributed by atoms with van der Waals surface area (Å²) in [5, 5.41) is 0. The molecule has 0 N–H and O–H groups in total. The highest BCUT2D eigenvalue weighted by Crippen LogP contribution is 2.19. The molecule has 3 rings (SSSR count). The van der Waals surface area contributed by atoms with E-state index in [0.717, 1.165) is 0 Å². The van der Waals surface area contributed by atoms with Gasteiger partial charge in [0.15, 0.2) is 46.5 Å². The number of rotatable bonds is 3. The lowest BCUT2D eigenvalue weighted by molar-refractivity contribution is 0.384. The molecular formula is C21H13BF10. The molecule has 0 fully saturated rings. The summed E-state index contributed by atoms with van der Waals surface area (Å²) in [6.07, 6.45) is 0. The van der Waals surface area contributed by atoms with Gasteiger partial charge in [-0.1, -0.05) is 34.8 Å². The highest BCUT2D eigenvalue weighted by atomic mass is 19.2. The van der Waals surface area contributed by atoms with E-state index >= 15 is 0 Å². The SMILES string of the molecule is CF.Cc1cc(C)cc(B(c2c(F)cc(F)c(F)c2F)c2c(F)c(F)c(F)c(F)c2F)c1. The van der Waals surface area contributed by atoms with Gasteiger partial charge in [-0.25, -0.2) is 39.5 Å². The van der Waals surface area contributed by atoms with Crippen molar-refractivity contribution in [3.8, 4) is 0 Å². The number of hydrogen-bond donors (Lipinski definition) is 0. The fraction of sp³-hybridized carbons (Fsp3) is 0.143. The van der Waals surface area contributed by atoms with Crippen LogP contribution in [0.1, 0.15) is 11.1 Å². The standard InChI is InChI=1S/C20H10BF9.CH3F/c1-7-3-8(2)5-9(4-7)21(12-10(22)6-11(23)14(24)15(12)25)13-16(26)18(28)20(30)19(29)17(13)27;1-2/h3-6H,1-2H3;1H3. The summed E-state index contributed by atoms with van der Waals surface area (Å²) in [6, 6.07) is 3.85. The zero-order valence-electron chi connectivity index (χ0n) is 16.7. The van der Waals surface area contributed by atoms with E-state index in [0.29, 0.717) is 18.3 Å². The van der Waals surface area contributed by atoms with Gasteiger partial charge in [0.25, 0.3) is 6.71 Å². The molecule has 0 aliphatic rings. The summed E-state index contributed by atoms with van der Waals surface area (Å²) in [5.74, 6) is -19.9. The molecule has 0 aliphatic carbocycles. The first-order valence-corrected chi connectivity index (χ1v) is 8.75. The van der Waals surface area contributed by atoms with Gasteiger partial charge in [-0.05, 0) is 13.8 Å². The molecule has 3 aromatic carbocycles. The molecular weight excluding hydrogens is 453 g/mol. The second kappa shape index (κ2) is 9.66. The van der Waals surface area contributed by atoms with E-state index < -0.39 is 70.0 Å². The Morgan fingerprint density at radius 2 is 0.875 bits per heavy atom. The number of halogens is 10. The predicted octanol–water partition coefficient (Wildman–Crippen LogP) is 4.66. The highest BCUT2D eigenvalue weighted by molar-refractivity contribution is 6.95. The number of benzene rings is 3. The third-order valence-electron chi connectivity index (χ3n) is 4.55. The van der Waals surface area contributed by atoms with Crippen LogP contribution in [0.2, 0.25) is 0 Å². The normalized spacial score (nSPS) is 10.7. The van der Waals surface area contributed by atoms with E-state index in [1.54, 1.807) is 6.07 Å². The summed E-state index contributed by atoms with van der Waals surface area (Å²) in [7, 11) is 0.500. The lowest BCUT2D eigenvalue weighted by Crippen LogP contribution is -2.58. The summed E-state index contributed by atoms with van der Waals surface area (Å²) in [6.45, 7) is 0.706. The Kier molecular flexibility index (Phi) is 7.64. The maximum atomic E-state index is 14.5. The predicted molar refractivity (Wildman–Crippen MR) is 100 cm³/mol. The molecule has 0 heterocycles. The molecule has 11 heteroatoms. The molecule has 0 bridgehead atoms. The van der Waals surface area contributed by atoms with Gasteiger partial charge >= 0.3 is 0 Å². The van der Waals surface area contributed by atoms with Crippen LogP contribution >= 0.6 is 0 Å². The van der Waals surface area contributed by atoms with Crippen LogP contribution in [0.15, 0.2) is 24.3 Å². The van der Waals surface area contributed by atoms with Crippen molar-refractivity contribution < 1.29 is 43.9 Å². The van der Waals surface area contributed by atoms with Crippen LogP contribution in [0.3, 0.4) is 0 Å². The molecule has 0 saturated carbocycles. The quantitative estimate of drug-likeness (QED) is 0.228. The van der Waals surface area contributed by atoms with Crippen LogP contribution in [0, 0.1) is 66.2 Å². The van der Waals surface area contributed by atoms with Crippen LogP contribution in [-0.4, -0.2) is 13.9 Å². The van der Waals surface area contributed by atoms with Crippen molar-refractivity contribution in [3.05, 3.63) is 87.7 Å². The lowest BCUT2D eigenvalue weighted by Gasteiger charge is -2.20. The Morgan fingerprint density at radius 1 is 0.469 bits per heavy atom. The first-order chi connectivity index (χ1) is 15.0. The Labute approximate surface area is 176 Å². The molecule has 32 heavy (non-hydrogen) atoms. The topological polar surface area (TPSA) is 0 Å². The van der Waals surface area contributed by atoms with Crippen molar-refractivity contribution in [3.63, 3.8) is 0 Å². The average Bonchev–Trinajstić information content (AvgIpc) is 2.74. The fourth-order valence-corrected chi connectivity index (χ4v) is 3.37. The monoisotopic (exact) mass is 466 g/mol. The molecule has 0 atom stereocenters. The van der Waals surface area contributed by atoms with Crippen molar-refractivity contribution in [2.24, 2.45) is 0 Å². The van der Waals surface area contributed by atoms with Gasteiger partial charge < -0.3 is 0 Å². The van der Waals surface area contributed by atoms with Gasteiger partial charge in [0, 0.05) is 17.0 Å². The van der Waals surface area contributed by atoms with Gasteiger partial charge in [0.1, 0.15) is 5.82 Å². The molecule has 0 spiro atoms. The van der Waals surface area contributed by atoms with Gasteiger partial charge in [0.2, 0.25) is 0 Å². The summed E-state index contributed by atoms with van der Waals surface area (Å²) >= 11 is 0. The summed E-state index contributed by atoms with van der Waals surface area (Å²) in [4.78, 5) is 0. The van der Waals surface area contributed by atoms with Gasteiger partial charge in [-0.2, -0.15) is 0 Å². The van der Waals surface area contributed by atoms with Crippen molar-refractivity contribution in [1.82, 2.24) is 0 Å². The zero-order valence-corrected chi connectivity index (χ0v) is 16.7. The molecule has 170 valence electrons. The molecule has 0 aliphatic heterocycles. The smallest absolute Gasteiger partial charge is 0.255 e. The van der Waals surface area contributed by atoms with Crippen molar-refractivity contribution in [2.75, 3.05) is 7.18 Å². The third kappa shape index (κ3) is 4.33. The highest BCUT2D eigenvalue weighted by Gasteiger charge is 2.39. The molecule has 3 aromatic rings. The van der Waals surface area contributed by atoms with Crippen LogP contribution in [-0.2, 0) is 0 Å². The minimum absolute atomic E-state index is 0.0740. The maximum absolute atomic E-state index is 14.5. The van der Waals surface area contributed by atoms with Crippen LogP contribution in [0.5, 0.6) is 0 Å². The molecule has 0 aromatic heterocycles.